The largest absolute Gasteiger partial charge is 0.457 e. The third-order valence-corrected chi connectivity index (χ3v) is 8.21. The van der Waals surface area contributed by atoms with Gasteiger partial charge in [0.15, 0.2) is 5.96 Å². The summed E-state index contributed by atoms with van der Waals surface area (Å²) in [6.07, 6.45) is 9.35. The molecule has 7 nitrogen and oxygen atoms in total. The second-order valence-electron chi connectivity index (χ2n) is 10.7. The summed E-state index contributed by atoms with van der Waals surface area (Å²) in [5.41, 5.74) is 8.51. The first-order valence-electron chi connectivity index (χ1n) is 13.9. The lowest BCUT2D eigenvalue weighted by Gasteiger charge is -2.41. The molecule has 2 aromatic rings. The lowest BCUT2D eigenvalue weighted by atomic mass is 9.88. The van der Waals surface area contributed by atoms with Gasteiger partial charge in [-0.25, -0.2) is 4.99 Å². The van der Waals surface area contributed by atoms with Gasteiger partial charge in [-0.2, -0.15) is 0 Å². The normalized spacial score (nSPS) is 21.1. The van der Waals surface area contributed by atoms with Crippen molar-refractivity contribution in [3.8, 4) is 11.5 Å². The molecule has 2 heterocycles. The van der Waals surface area contributed by atoms with E-state index in [0.29, 0.717) is 37.5 Å². The highest BCUT2D eigenvalue weighted by Gasteiger charge is 2.34. The fourth-order valence-electron chi connectivity index (χ4n) is 6.06. The number of carbonyl (C=O) groups excluding carboxylic acids is 1. The molecule has 0 aromatic heterocycles. The number of para-hydroxylation sites is 1. The Morgan fingerprint density at radius 3 is 2.68 bits per heavy atom. The standard InChI is InChI=1S/C30H40N4O3/c1-33(24-10-4-2-5-11-24)29(35)17-16-28(22-9-8-18-36-21-22)34-20-23-19-26(14-15-27(23)32-30(34)31)37-25-12-6-3-7-13-25/h3,6-7,12-15,19,22,24,28H,2,4-5,8-11,16-18,20-21H2,1H3,(H2,31,32)/t22?,28-/m0/s1. The molecule has 2 N–H and O–H groups in total. The van der Waals surface area contributed by atoms with Crippen LogP contribution in [0.25, 0.3) is 0 Å². The number of amides is 1. The number of rotatable bonds is 8. The Kier molecular flexibility index (Phi) is 8.29. The van der Waals surface area contributed by atoms with Gasteiger partial charge in [-0.1, -0.05) is 37.5 Å². The fourth-order valence-corrected chi connectivity index (χ4v) is 6.06. The molecule has 2 aromatic carbocycles. The van der Waals surface area contributed by atoms with Crippen LogP contribution in [0, 0.1) is 5.92 Å². The maximum atomic E-state index is 13.2. The minimum absolute atomic E-state index is 0.0969. The summed E-state index contributed by atoms with van der Waals surface area (Å²) in [7, 11) is 1.98. The van der Waals surface area contributed by atoms with Gasteiger partial charge >= 0.3 is 0 Å². The van der Waals surface area contributed by atoms with E-state index in [9.17, 15) is 4.79 Å². The molecule has 37 heavy (non-hydrogen) atoms. The van der Waals surface area contributed by atoms with Gasteiger partial charge in [0.25, 0.3) is 0 Å². The van der Waals surface area contributed by atoms with Crippen molar-refractivity contribution >= 4 is 17.6 Å². The van der Waals surface area contributed by atoms with E-state index in [-0.39, 0.29) is 11.9 Å². The lowest BCUT2D eigenvalue weighted by Crippen LogP contribution is -2.51. The number of nitrogens with zero attached hydrogens (tertiary/aromatic N) is 3. The molecule has 198 valence electrons. The van der Waals surface area contributed by atoms with Crippen LogP contribution < -0.4 is 10.5 Å². The molecule has 2 fully saturated rings. The van der Waals surface area contributed by atoms with Crippen molar-refractivity contribution in [2.45, 2.75) is 76.4 Å². The summed E-state index contributed by atoms with van der Waals surface area (Å²) < 4.78 is 11.9. The predicted molar refractivity (Wildman–Crippen MR) is 146 cm³/mol. The number of fused-ring (bicyclic) bond motifs is 1. The smallest absolute Gasteiger partial charge is 0.222 e. The molecule has 2 atom stereocenters. The molecule has 0 radical (unpaired) electrons. The van der Waals surface area contributed by atoms with Crippen molar-refractivity contribution < 1.29 is 14.3 Å². The number of benzene rings is 2. The molecule has 3 aliphatic rings. The number of carbonyl (C=O) groups is 1. The van der Waals surface area contributed by atoms with Gasteiger partial charge in [0, 0.05) is 50.2 Å². The lowest BCUT2D eigenvalue weighted by molar-refractivity contribution is -0.133. The van der Waals surface area contributed by atoms with E-state index in [4.69, 9.17) is 20.2 Å². The SMILES string of the molecule is CN(C(=O)CC[C@@H](C1CCCOC1)N1Cc2cc(Oc3ccccc3)ccc2N=C1N)C1CCCCC1. The number of guanidine groups is 1. The van der Waals surface area contributed by atoms with E-state index in [1.54, 1.807) is 0 Å². The van der Waals surface area contributed by atoms with Crippen molar-refractivity contribution in [1.29, 1.82) is 0 Å². The van der Waals surface area contributed by atoms with Crippen LogP contribution in [-0.2, 0) is 16.1 Å². The van der Waals surface area contributed by atoms with Crippen LogP contribution in [0.3, 0.4) is 0 Å². The first-order valence-corrected chi connectivity index (χ1v) is 13.9. The van der Waals surface area contributed by atoms with Crippen molar-refractivity contribution in [2.24, 2.45) is 16.6 Å². The molecule has 1 aliphatic carbocycles. The monoisotopic (exact) mass is 504 g/mol. The van der Waals surface area contributed by atoms with E-state index in [0.717, 1.165) is 61.5 Å². The van der Waals surface area contributed by atoms with E-state index in [1.807, 2.05) is 54.4 Å². The highest BCUT2D eigenvalue weighted by molar-refractivity contribution is 5.84. The van der Waals surface area contributed by atoms with E-state index in [1.165, 1.54) is 19.3 Å². The van der Waals surface area contributed by atoms with E-state index < -0.39 is 0 Å². The fraction of sp³-hybridized carbons (Fsp3) is 0.533. The van der Waals surface area contributed by atoms with Gasteiger partial charge in [0.2, 0.25) is 5.91 Å². The topological polar surface area (TPSA) is 80.4 Å². The highest BCUT2D eigenvalue weighted by Crippen LogP contribution is 2.35. The van der Waals surface area contributed by atoms with Crippen molar-refractivity contribution in [3.05, 3.63) is 54.1 Å². The van der Waals surface area contributed by atoms with Gasteiger partial charge < -0.3 is 25.0 Å². The summed E-state index contributed by atoms with van der Waals surface area (Å²) in [5.74, 6) is 2.66. The third-order valence-electron chi connectivity index (χ3n) is 8.21. The molecule has 2 aliphatic heterocycles. The third kappa shape index (κ3) is 6.27. The van der Waals surface area contributed by atoms with Gasteiger partial charge in [0.1, 0.15) is 11.5 Å². The number of nitrogens with two attached hydrogens (primary N) is 1. The summed E-state index contributed by atoms with van der Waals surface area (Å²) in [6, 6.07) is 16.2. The van der Waals surface area contributed by atoms with Gasteiger partial charge in [0.05, 0.1) is 12.3 Å². The van der Waals surface area contributed by atoms with E-state index in [2.05, 4.69) is 11.0 Å². The molecular weight excluding hydrogens is 464 g/mol. The average Bonchev–Trinajstić information content (AvgIpc) is 2.94. The Hall–Kier alpha value is -3.06. The molecule has 1 unspecified atom stereocenters. The Morgan fingerprint density at radius 1 is 1.11 bits per heavy atom. The molecule has 5 rings (SSSR count). The highest BCUT2D eigenvalue weighted by atomic mass is 16.5. The van der Waals surface area contributed by atoms with E-state index >= 15 is 0 Å². The Morgan fingerprint density at radius 2 is 1.92 bits per heavy atom. The van der Waals surface area contributed by atoms with Gasteiger partial charge in [-0.15, -0.1) is 0 Å². The van der Waals surface area contributed by atoms with Crippen LogP contribution in [0.5, 0.6) is 11.5 Å². The summed E-state index contributed by atoms with van der Waals surface area (Å²) in [6.45, 7) is 2.15. The zero-order valence-corrected chi connectivity index (χ0v) is 22.0. The second-order valence-corrected chi connectivity index (χ2v) is 10.7. The first kappa shape index (κ1) is 25.6. The quantitative estimate of drug-likeness (QED) is 0.506. The summed E-state index contributed by atoms with van der Waals surface area (Å²) in [5, 5.41) is 0. The van der Waals surface area contributed by atoms with Crippen molar-refractivity contribution in [2.75, 3.05) is 20.3 Å². The Labute approximate surface area is 220 Å². The van der Waals surface area contributed by atoms with Crippen LogP contribution in [0.15, 0.2) is 53.5 Å². The second kappa shape index (κ2) is 12.0. The van der Waals surface area contributed by atoms with Crippen LogP contribution in [0.1, 0.15) is 63.4 Å². The molecule has 7 heteroatoms. The minimum Gasteiger partial charge on any atom is -0.457 e. The van der Waals surface area contributed by atoms with Gasteiger partial charge in [-0.05, 0) is 62.4 Å². The Bertz CT molecular complexity index is 1080. The minimum atomic E-state index is 0.0969. The maximum absolute atomic E-state index is 13.2. The molecule has 0 spiro atoms. The zero-order valence-electron chi connectivity index (χ0n) is 22.0. The summed E-state index contributed by atoms with van der Waals surface area (Å²) >= 11 is 0. The van der Waals surface area contributed by atoms with Crippen LogP contribution in [0.4, 0.5) is 5.69 Å². The molecular formula is C30H40N4O3. The first-order chi connectivity index (χ1) is 18.1. The van der Waals surface area contributed by atoms with Gasteiger partial charge in [-0.3, -0.25) is 4.79 Å². The average molecular weight is 505 g/mol. The zero-order chi connectivity index (χ0) is 25.6. The van der Waals surface area contributed by atoms with Crippen LogP contribution >= 0.6 is 0 Å². The maximum Gasteiger partial charge on any atom is 0.222 e. The van der Waals surface area contributed by atoms with Crippen LogP contribution in [-0.4, -0.2) is 54.0 Å². The predicted octanol–water partition coefficient (Wildman–Crippen LogP) is 5.61. The summed E-state index contributed by atoms with van der Waals surface area (Å²) in [4.78, 5) is 22.2. The molecule has 0 bridgehead atoms. The number of aliphatic imine (C=N–C) groups is 1. The van der Waals surface area contributed by atoms with Crippen molar-refractivity contribution in [1.82, 2.24) is 9.80 Å². The molecule has 1 saturated carbocycles. The van der Waals surface area contributed by atoms with Crippen molar-refractivity contribution in [3.63, 3.8) is 0 Å². The molecule has 1 amide bonds. The Balaban J connectivity index is 1.31. The molecule has 1 saturated heterocycles. The van der Waals surface area contributed by atoms with Crippen LogP contribution in [0.2, 0.25) is 0 Å². The number of hydrogen-bond donors (Lipinski definition) is 1. The number of hydrogen-bond acceptors (Lipinski definition) is 6. The number of ether oxygens (including phenoxy) is 2.